The molecule has 0 aliphatic carbocycles. The third-order valence-corrected chi connectivity index (χ3v) is 2.67. The van der Waals surface area contributed by atoms with Crippen molar-refractivity contribution in [3.8, 4) is 11.5 Å². The Balaban J connectivity index is 2.35. The maximum Gasteiger partial charge on any atom is 0.416 e. The summed E-state index contributed by atoms with van der Waals surface area (Å²) in [7, 11) is 0. The van der Waals surface area contributed by atoms with Gasteiger partial charge in [-0.3, -0.25) is 0 Å². The van der Waals surface area contributed by atoms with Gasteiger partial charge in [-0.15, -0.1) is 0 Å². The largest absolute Gasteiger partial charge is 0.478 e. The monoisotopic (exact) mass is 297 g/mol. The number of anilines is 1. The van der Waals surface area contributed by atoms with Crippen molar-refractivity contribution in [2.45, 2.75) is 6.18 Å². The highest BCUT2D eigenvalue weighted by atomic mass is 19.4. The van der Waals surface area contributed by atoms with Crippen LogP contribution in [0.2, 0.25) is 0 Å². The van der Waals surface area contributed by atoms with Crippen LogP contribution in [0.15, 0.2) is 42.5 Å². The summed E-state index contributed by atoms with van der Waals surface area (Å²) >= 11 is 0. The highest BCUT2D eigenvalue weighted by Crippen LogP contribution is 2.35. The molecule has 0 unspecified atom stereocenters. The number of hydrogen-bond donors (Lipinski definition) is 2. The lowest BCUT2D eigenvalue weighted by molar-refractivity contribution is -0.137. The lowest BCUT2D eigenvalue weighted by atomic mass is 10.1. The molecule has 0 aliphatic heterocycles. The highest BCUT2D eigenvalue weighted by Gasteiger charge is 2.31. The lowest BCUT2D eigenvalue weighted by Crippen LogP contribution is -2.06. The summed E-state index contributed by atoms with van der Waals surface area (Å²) in [6, 6.07) is 8.36. The molecule has 0 saturated heterocycles. The number of rotatable bonds is 3. The van der Waals surface area contributed by atoms with Gasteiger partial charge >= 0.3 is 12.1 Å². The van der Waals surface area contributed by atoms with Crippen LogP contribution in [0.25, 0.3) is 0 Å². The van der Waals surface area contributed by atoms with Gasteiger partial charge < -0.3 is 15.6 Å². The van der Waals surface area contributed by atoms with Crippen LogP contribution in [0.5, 0.6) is 11.5 Å². The second-order valence-corrected chi connectivity index (χ2v) is 4.15. The van der Waals surface area contributed by atoms with E-state index in [4.69, 9.17) is 15.6 Å². The van der Waals surface area contributed by atoms with Gasteiger partial charge in [0.15, 0.2) is 0 Å². The smallest absolute Gasteiger partial charge is 0.416 e. The zero-order valence-corrected chi connectivity index (χ0v) is 10.5. The second kappa shape index (κ2) is 5.35. The molecule has 0 radical (unpaired) electrons. The topological polar surface area (TPSA) is 72.5 Å². The molecule has 0 atom stereocenters. The van der Waals surface area contributed by atoms with Crippen molar-refractivity contribution < 1.29 is 27.8 Å². The molecule has 0 fully saturated rings. The van der Waals surface area contributed by atoms with Crippen LogP contribution in [0.4, 0.5) is 18.9 Å². The van der Waals surface area contributed by atoms with Gasteiger partial charge in [-0.2, -0.15) is 13.2 Å². The van der Waals surface area contributed by atoms with Gasteiger partial charge in [0, 0.05) is 0 Å². The molecule has 0 bridgehead atoms. The van der Waals surface area contributed by atoms with E-state index in [1.54, 1.807) is 6.07 Å². The lowest BCUT2D eigenvalue weighted by Gasteiger charge is -2.13. The van der Waals surface area contributed by atoms with Gasteiger partial charge in [-0.05, 0) is 30.3 Å². The summed E-state index contributed by atoms with van der Waals surface area (Å²) in [6.45, 7) is 0. The zero-order valence-electron chi connectivity index (χ0n) is 10.5. The molecule has 0 aromatic heterocycles. The third-order valence-electron chi connectivity index (χ3n) is 2.67. The first-order valence-electron chi connectivity index (χ1n) is 5.76. The minimum Gasteiger partial charge on any atom is -0.478 e. The van der Waals surface area contributed by atoms with Crippen LogP contribution in [0, 0.1) is 0 Å². The van der Waals surface area contributed by atoms with E-state index >= 15 is 0 Å². The molecule has 0 aliphatic rings. The first kappa shape index (κ1) is 14.7. The Bertz CT molecular complexity index is 683. The van der Waals surface area contributed by atoms with Crippen molar-refractivity contribution in [2.75, 3.05) is 5.73 Å². The molecular formula is C14H10F3NO3. The standard InChI is InChI=1S/C14H10F3NO3/c15-14(16,17)8-5-6-12(10(18)7-8)21-11-4-2-1-3-9(11)13(19)20/h1-7H,18H2,(H,19,20). The molecule has 0 heterocycles. The fourth-order valence-corrected chi connectivity index (χ4v) is 1.67. The maximum absolute atomic E-state index is 12.5. The first-order valence-corrected chi connectivity index (χ1v) is 5.76. The average molecular weight is 297 g/mol. The van der Waals surface area contributed by atoms with E-state index in [9.17, 15) is 18.0 Å². The number of para-hydroxylation sites is 1. The van der Waals surface area contributed by atoms with Gasteiger partial charge in [-0.25, -0.2) is 4.79 Å². The normalized spacial score (nSPS) is 11.2. The number of carboxylic acids is 1. The number of nitrogens with two attached hydrogens (primary N) is 1. The highest BCUT2D eigenvalue weighted by molar-refractivity contribution is 5.91. The maximum atomic E-state index is 12.5. The molecule has 0 saturated carbocycles. The Hall–Kier alpha value is -2.70. The summed E-state index contributed by atoms with van der Waals surface area (Å²) in [5.74, 6) is -1.26. The van der Waals surface area contributed by atoms with Crippen LogP contribution in [0.3, 0.4) is 0 Å². The molecule has 4 nitrogen and oxygen atoms in total. The number of benzene rings is 2. The number of alkyl halides is 3. The van der Waals surface area contributed by atoms with Gasteiger partial charge in [-0.1, -0.05) is 12.1 Å². The molecule has 21 heavy (non-hydrogen) atoms. The summed E-state index contributed by atoms with van der Waals surface area (Å²) in [5.41, 5.74) is 4.27. The third kappa shape index (κ3) is 3.25. The van der Waals surface area contributed by atoms with Crippen molar-refractivity contribution in [3.63, 3.8) is 0 Å². The Labute approximate surface area is 117 Å². The molecule has 110 valence electrons. The number of halogens is 3. The van der Waals surface area contributed by atoms with Crippen LogP contribution >= 0.6 is 0 Å². The minimum absolute atomic E-state index is 0.00328. The van der Waals surface area contributed by atoms with Crippen molar-refractivity contribution in [2.24, 2.45) is 0 Å². The van der Waals surface area contributed by atoms with E-state index in [1.165, 1.54) is 18.2 Å². The Morgan fingerprint density at radius 2 is 1.76 bits per heavy atom. The number of aromatic carboxylic acids is 1. The van der Waals surface area contributed by atoms with Crippen LogP contribution in [-0.2, 0) is 6.18 Å². The fraction of sp³-hybridized carbons (Fsp3) is 0.0714. The summed E-state index contributed by atoms with van der Waals surface area (Å²) < 4.78 is 42.9. The van der Waals surface area contributed by atoms with E-state index in [2.05, 4.69) is 0 Å². The van der Waals surface area contributed by atoms with E-state index in [0.29, 0.717) is 0 Å². The quantitative estimate of drug-likeness (QED) is 0.846. The van der Waals surface area contributed by atoms with E-state index in [1.807, 2.05) is 0 Å². The first-order chi connectivity index (χ1) is 9.79. The molecular weight excluding hydrogens is 287 g/mol. The van der Waals surface area contributed by atoms with Crippen molar-refractivity contribution in [1.29, 1.82) is 0 Å². The van der Waals surface area contributed by atoms with E-state index in [-0.39, 0.29) is 22.7 Å². The zero-order chi connectivity index (χ0) is 15.6. The van der Waals surface area contributed by atoms with Gasteiger partial charge in [0.05, 0.1) is 11.3 Å². The van der Waals surface area contributed by atoms with Gasteiger partial charge in [0.1, 0.15) is 17.1 Å². The van der Waals surface area contributed by atoms with E-state index in [0.717, 1.165) is 18.2 Å². The molecule has 2 rings (SSSR count). The number of hydrogen-bond acceptors (Lipinski definition) is 3. The SMILES string of the molecule is Nc1cc(C(F)(F)F)ccc1Oc1ccccc1C(=O)O. The number of carboxylic acid groups (broad SMARTS) is 1. The number of nitrogen functional groups attached to an aromatic ring is 1. The Morgan fingerprint density at radius 3 is 2.33 bits per heavy atom. The van der Waals surface area contributed by atoms with Crippen molar-refractivity contribution in [1.82, 2.24) is 0 Å². The molecule has 0 amide bonds. The van der Waals surface area contributed by atoms with Crippen LogP contribution in [0.1, 0.15) is 15.9 Å². The Morgan fingerprint density at radius 1 is 1.10 bits per heavy atom. The van der Waals surface area contributed by atoms with Gasteiger partial charge in [0.25, 0.3) is 0 Å². The fourth-order valence-electron chi connectivity index (χ4n) is 1.67. The molecule has 2 aromatic rings. The molecule has 3 N–H and O–H groups in total. The predicted octanol–water partition coefficient (Wildman–Crippen LogP) is 3.78. The van der Waals surface area contributed by atoms with Crippen molar-refractivity contribution in [3.05, 3.63) is 53.6 Å². The minimum atomic E-state index is -4.51. The molecule has 7 heteroatoms. The van der Waals surface area contributed by atoms with Gasteiger partial charge in [0.2, 0.25) is 0 Å². The van der Waals surface area contributed by atoms with E-state index < -0.39 is 17.7 Å². The summed E-state index contributed by atoms with van der Waals surface area (Å²) in [6.07, 6.45) is -4.51. The van der Waals surface area contributed by atoms with Crippen molar-refractivity contribution >= 4 is 11.7 Å². The molecule has 2 aromatic carbocycles. The second-order valence-electron chi connectivity index (χ2n) is 4.15. The number of carbonyl (C=O) groups is 1. The molecule has 0 spiro atoms. The average Bonchev–Trinajstić information content (AvgIpc) is 2.40. The predicted molar refractivity (Wildman–Crippen MR) is 69.3 cm³/mol. The summed E-state index contributed by atoms with van der Waals surface area (Å²) in [4.78, 5) is 11.0. The van der Waals surface area contributed by atoms with Crippen LogP contribution < -0.4 is 10.5 Å². The van der Waals surface area contributed by atoms with Crippen LogP contribution in [-0.4, -0.2) is 11.1 Å². The number of ether oxygens (including phenoxy) is 1. The summed E-state index contributed by atoms with van der Waals surface area (Å²) in [5, 5.41) is 9.00. The Kier molecular flexibility index (Phi) is 3.75.